The Balaban J connectivity index is 1.94. The number of rotatable bonds is 8. The summed E-state index contributed by atoms with van der Waals surface area (Å²) in [5.74, 6) is 0.751. The molecule has 0 bridgehead atoms. The number of nitrogens with one attached hydrogen (secondary N) is 2. The van der Waals surface area contributed by atoms with Gasteiger partial charge in [-0.05, 0) is 43.5 Å². The fourth-order valence-electron chi connectivity index (χ4n) is 3.73. The van der Waals surface area contributed by atoms with Crippen LogP contribution < -0.4 is 14.9 Å². The topological polar surface area (TPSA) is 94.6 Å². The van der Waals surface area contributed by atoms with Gasteiger partial charge in [0.1, 0.15) is 5.82 Å². The molecule has 2 aromatic rings. The molecular weight excluding hydrogens is 426 g/mol. The minimum absolute atomic E-state index is 0.154. The SMILES string of the molecule is CCN(CC)C(=O)c1cc(NS(=O)(=O)c2ccc(C(C)C)cc2)cnc1N1CCNCC1. The molecule has 3 rings (SSSR count). The van der Waals surface area contributed by atoms with Crippen molar-refractivity contribution < 1.29 is 13.2 Å². The molecule has 0 spiro atoms. The van der Waals surface area contributed by atoms with Crippen LogP contribution in [0.2, 0.25) is 0 Å². The van der Waals surface area contributed by atoms with Crippen molar-refractivity contribution in [2.45, 2.75) is 38.5 Å². The quantitative estimate of drug-likeness (QED) is 0.630. The number of hydrogen-bond acceptors (Lipinski definition) is 6. The van der Waals surface area contributed by atoms with Gasteiger partial charge in [0.05, 0.1) is 22.3 Å². The molecule has 1 aromatic heterocycles. The van der Waals surface area contributed by atoms with Gasteiger partial charge in [0.25, 0.3) is 15.9 Å². The van der Waals surface area contributed by atoms with Crippen molar-refractivity contribution in [1.29, 1.82) is 0 Å². The molecular formula is C23H33N5O3S. The van der Waals surface area contributed by atoms with Gasteiger partial charge in [-0.2, -0.15) is 0 Å². The van der Waals surface area contributed by atoms with Crippen molar-refractivity contribution in [3.05, 3.63) is 47.7 Å². The Labute approximate surface area is 191 Å². The van der Waals surface area contributed by atoms with Crippen LogP contribution in [0.15, 0.2) is 41.4 Å². The summed E-state index contributed by atoms with van der Waals surface area (Å²) in [4.78, 5) is 21.7. The predicted molar refractivity (Wildman–Crippen MR) is 128 cm³/mol. The first-order valence-electron chi connectivity index (χ1n) is 11.1. The number of aromatic nitrogens is 1. The summed E-state index contributed by atoms with van der Waals surface area (Å²) in [7, 11) is -3.81. The van der Waals surface area contributed by atoms with Gasteiger partial charge in [-0.15, -0.1) is 0 Å². The molecule has 0 saturated carbocycles. The zero-order valence-corrected chi connectivity index (χ0v) is 20.1. The Hall–Kier alpha value is -2.65. The van der Waals surface area contributed by atoms with Gasteiger partial charge < -0.3 is 15.1 Å². The van der Waals surface area contributed by atoms with Gasteiger partial charge in [0, 0.05) is 39.3 Å². The van der Waals surface area contributed by atoms with E-state index >= 15 is 0 Å². The van der Waals surface area contributed by atoms with Gasteiger partial charge in [-0.1, -0.05) is 26.0 Å². The van der Waals surface area contributed by atoms with Crippen LogP contribution in [0.4, 0.5) is 11.5 Å². The lowest BCUT2D eigenvalue weighted by atomic mass is 10.0. The highest BCUT2D eigenvalue weighted by Crippen LogP contribution is 2.26. The third-order valence-electron chi connectivity index (χ3n) is 5.67. The lowest BCUT2D eigenvalue weighted by molar-refractivity contribution is 0.0773. The van der Waals surface area contributed by atoms with Crippen molar-refractivity contribution in [2.75, 3.05) is 48.9 Å². The van der Waals surface area contributed by atoms with Crippen LogP contribution in [0, 0.1) is 0 Å². The molecule has 0 aliphatic carbocycles. The van der Waals surface area contributed by atoms with Crippen LogP contribution in [-0.2, 0) is 10.0 Å². The number of benzene rings is 1. The molecule has 0 unspecified atom stereocenters. The van der Waals surface area contributed by atoms with E-state index in [1.54, 1.807) is 23.1 Å². The van der Waals surface area contributed by atoms with Crippen LogP contribution in [0.3, 0.4) is 0 Å². The molecule has 2 heterocycles. The minimum atomic E-state index is -3.81. The Morgan fingerprint density at radius 2 is 1.78 bits per heavy atom. The number of amides is 1. The third-order valence-corrected chi connectivity index (χ3v) is 7.07. The Kier molecular flexibility index (Phi) is 7.73. The molecule has 9 heteroatoms. The second-order valence-electron chi connectivity index (χ2n) is 8.14. The first kappa shape index (κ1) is 24.0. The lowest BCUT2D eigenvalue weighted by Crippen LogP contribution is -2.45. The van der Waals surface area contributed by atoms with Crippen molar-refractivity contribution in [2.24, 2.45) is 0 Å². The zero-order chi connectivity index (χ0) is 23.3. The van der Waals surface area contributed by atoms with Crippen molar-refractivity contribution >= 4 is 27.4 Å². The Morgan fingerprint density at radius 1 is 1.16 bits per heavy atom. The summed E-state index contributed by atoms with van der Waals surface area (Å²) >= 11 is 0. The monoisotopic (exact) mass is 459 g/mol. The number of nitrogens with zero attached hydrogens (tertiary/aromatic N) is 3. The van der Waals surface area contributed by atoms with Crippen LogP contribution in [-0.4, -0.2) is 63.5 Å². The number of anilines is 2. The average molecular weight is 460 g/mol. The van der Waals surface area contributed by atoms with Gasteiger partial charge in [0.2, 0.25) is 0 Å². The molecule has 174 valence electrons. The van der Waals surface area contributed by atoms with E-state index in [-0.39, 0.29) is 16.5 Å². The van der Waals surface area contributed by atoms with Gasteiger partial charge in [-0.25, -0.2) is 13.4 Å². The Morgan fingerprint density at radius 3 is 2.34 bits per heavy atom. The van der Waals surface area contributed by atoms with E-state index in [2.05, 4.69) is 33.8 Å². The first-order valence-corrected chi connectivity index (χ1v) is 12.6. The number of pyridine rings is 1. The number of piperazine rings is 1. The van der Waals surface area contributed by atoms with Crippen LogP contribution in [0.5, 0.6) is 0 Å². The molecule has 1 aliphatic heterocycles. The smallest absolute Gasteiger partial charge is 0.261 e. The second kappa shape index (κ2) is 10.3. The largest absolute Gasteiger partial charge is 0.353 e. The fourth-order valence-corrected chi connectivity index (χ4v) is 4.76. The highest BCUT2D eigenvalue weighted by Gasteiger charge is 2.24. The van der Waals surface area contributed by atoms with Gasteiger partial charge in [0.15, 0.2) is 0 Å². The summed E-state index contributed by atoms with van der Waals surface area (Å²) in [6.07, 6.45) is 1.48. The van der Waals surface area contributed by atoms with Gasteiger partial charge in [-0.3, -0.25) is 9.52 Å². The molecule has 32 heavy (non-hydrogen) atoms. The van der Waals surface area contributed by atoms with E-state index in [4.69, 9.17) is 0 Å². The third kappa shape index (κ3) is 5.39. The normalized spacial score (nSPS) is 14.5. The lowest BCUT2D eigenvalue weighted by Gasteiger charge is -2.31. The van der Waals surface area contributed by atoms with Crippen LogP contribution >= 0.6 is 0 Å². The van der Waals surface area contributed by atoms with Gasteiger partial charge >= 0.3 is 0 Å². The van der Waals surface area contributed by atoms with E-state index < -0.39 is 10.0 Å². The minimum Gasteiger partial charge on any atom is -0.353 e. The second-order valence-corrected chi connectivity index (χ2v) is 9.82. The van der Waals surface area contributed by atoms with Crippen molar-refractivity contribution in [3.8, 4) is 0 Å². The zero-order valence-electron chi connectivity index (χ0n) is 19.3. The van der Waals surface area contributed by atoms with Crippen LogP contribution in [0.25, 0.3) is 0 Å². The molecule has 8 nitrogen and oxygen atoms in total. The molecule has 1 amide bonds. The summed E-state index contributed by atoms with van der Waals surface area (Å²) in [6.45, 7) is 12.2. The predicted octanol–water partition coefficient (Wildman–Crippen LogP) is 2.90. The maximum Gasteiger partial charge on any atom is 0.261 e. The molecule has 1 aromatic carbocycles. The fraction of sp³-hybridized carbons (Fsp3) is 0.478. The molecule has 1 fully saturated rings. The summed E-state index contributed by atoms with van der Waals surface area (Å²) in [5, 5.41) is 3.29. The average Bonchev–Trinajstić information content (AvgIpc) is 2.80. The molecule has 1 saturated heterocycles. The van der Waals surface area contributed by atoms with E-state index in [1.165, 1.54) is 6.20 Å². The number of sulfonamides is 1. The highest BCUT2D eigenvalue weighted by molar-refractivity contribution is 7.92. The number of carbonyl (C=O) groups is 1. The summed E-state index contributed by atoms with van der Waals surface area (Å²) < 4.78 is 28.5. The molecule has 1 aliphatic rings. The Bertz CT molecular complexity index is 1030. The molecule has 0 radical (unpaired) electrons. The first-order chi connectivity index (χ1) is 15.3. The maximum atomic E-state index is 13.2. The maximum absolute atomic E-state index is 13.2. The number of carbonyl (C=O) groups excluding carboxylic acids is 1. The van der Waals surface area contributed by atoms with Crippen molar-refractivity contribution in [3.63, 3.8) is 0 Å². The van der Waals surface area contributed by atoms with Crippen molar-refractivity contribution in [1.82, 2.24) is 15.2 Å². The summed E-state index contributed by atoms with van der Waals surface area (Å²) in [6, 6.07) is 8.44. The van der Waals surface area contributed by atoms with Crippen LogP contribution in [0.1, 0.15) is 49.5 Å². The van der Waals surface area contributed by atoms with E-state index in [9.17, 15) is 13.2 Å². The van der Waals surface area contributed by atoms with E-state index in [0.29, 0.717) is 30.4 Å². The molecule has 0 atom stereocenters. The summed E-state index contributed by atoms with van der Waals surface area (Å²) in [5.41, 5.74) is 1.75. The molecule has 2 N–H and O–H groups in total. The standard InChI is InChI=1S/C23H33N5O3S/c1-5-27(6-2)23(29)21-15-19(16-25-22(21)28-13-11-24-12-14-28)26-32(30,31)20-9-7-18(8-10-20)17(3)4/h7-10,15-17,24,26H,5-6,11-14H2,1-4H3. The van der Waals surface area contributed by atoms with E-state index in [0.717, 1.165) is 31.7 Å². The number of hydrogen-bond donors (Lipinski definition) is 2. The highest BCUT2D eigenvalue weighted by atomic mass is 32.2. The van der Waals surface area contributed by atoms with E-state index in [1.807, 2.05) is 26.0 Å².